The molecule has 0 aliphatic carbocycles. The van der Waals surface area contributed by atoms with Crippen molar-refractivity contribution in [3.63, 3.8) is 0 Å². The molecule has 2 aromatic rings. The first-order valence-corrected chi connectivity index (χ1v) is 6.90. The Morgan fingerprint density at radius 1 is 1.24 bits per heavy atom. The minimum absolute atomic E-state index is 0.0203. The molecule has 3 N–H and O–H groups in total. The number of halogens is 1. The molecule has 0 aliphatic rings. The number of nitro groups is 1. The van der Waals surface area contributed by atoms with Crippen LogP contribution in [0, 0.1) is 10.1 Å². The first kappa shape index (κ1) is 15.1. The van der Waals surface area contributed by atoms with Crippen LogP contribution in [0.2, 0.25) is 0 Å². The Hall–Kier alpha value is -2.28. The van der Waals surface area contributed by atoms with E-state index in [2.05, 4.69) is 21.2 Å². The van der Waals surface area contributed by atoms with Crippen LogP contribution in [0.3, 0.4) is 0 Å². The Balaban J connectivity index is 2.28. The number of aromatic hydroxyl groups is 2. The molecule has 1 atom stereocenters. The lowest BCUT2D eigenvalue weighted by atomic mass is 10.1. The molecule has 7 heteroatoms. The zero-order valence-corrected chi connectivity index (χ0v) is 12.7. The highest BCUT2D eigenvalue weighted by molar-refractivity contribution is 9.10. The predicted molar refractivity (Wildman–Crippen MR) is 82.6 cm³/mol. The molecule has 0 aromatic heterocycles. The monoisotopic (exact) mass is 352 g/mol. The van der Waals surface area contributed by atoms with Crippen LogP contribution in [-0.4, -0.2) is 15.1 Å². The van der Waals surface area contributed by atoms with Gasteiger partial charge in [-0.3, -0.25) is 10.1 Å². The van der Waals surface area contributed by atoms with Gasteiger partial charge in [0.1, 0.15) is 11.5 Å². The predicted octanol–water partition coefficient (Wildman–Crippen LogP) is 3.94. The van der Waals surface area contributed by atoms with Gasteiger partial charge in [-0.15, -0.1) is 0 Å². The van der Waals surface area contributed by atoms with Crippen molar-refractivity contribution in [3.8, 4) is 11.5 Å². The third-order valence-electron chi connectivity index (χ3n) is 3.03. The third kappa shape index (κ3) is 3.25. The molecule has 0 heterocycles. The summed E-state index contributed by atoms with van der Waals surface area (Å²) in [6.07, 6.45) is 0. The number of nitrogens with one attached hydrogen (secondary N) is 1. The average Bonchev–Trinajstić information content (AvgIpc) is 2.40. The molecule has 21 heavy (non-hydrogen) atoms. The summed E-state index contributed by atoms with van der Waals surface area (Å²) in [7, 11) is 0. The number of nitro benzene ring substituents is 1. The molecule has 0 fully saturated rings. The topological polar surface area (TPSA) is 95.6 Å². The van der Waals surface area contributed by atoms with Crippen molar-refractivity contribution < 1.29 is 15.1 Å². The second-order valence-corrected chi connectivity index (χ2v) is 5.35. The maximum absolute atomic E-state index is 10.7. The molecule has 0 amide bonds. The number of anilines is 1. The highest BCUT2D eigenvalue weighted by atomic mass is 79.9. The summed E-state index contributed by atoms with van der Waals surface area (Å²) in [5.41, 5.74) is 0.962. The fourth-order valence-electron chi connectivity index (χ4n) is 2.02. The molecule has 0 saturated carbocycles. The number of non-ortho nitro benzene ring substituents is 1. The Morgan fingerprint density at radius 3 is 2.38 bits per heavy atom. The summed E-state index contributed by atoms with van der Waals surface area (Å²) in [6, 6.07) is 8.46. The molecule has 0 aliphatic heterocycles. The van der Waals surface area contributed by atoms with Crippen LogP contribution >= 0.6 is 15.9 Å². The number of phenolic OH excluding ortho intramolecular Hbond substituents is 2. The molecular weight excluding hydrogens is 340 g/mol. The van der Waals surface area contributed by atoms with Crippen molar-refractivity contribution in [1.82, 2.24) is 0 Å². The molecule has 0 bridgehead atoms. The lowest BCUT2D eigenvalue weighted by Crippen LogP contribution is -2.07. The van der Waals surface area contributed by atoms with Gasteiger partial charge in [-0.1, -0.05) is 6.07 Å². The lowest BCUT2D eigenvalue weighted by Gasteiger charge is -2.18. The summed E-state index contributed by atoms with van der Waals surface area (Å²) in [5.74, 6) is -0.0407. The quantitative estimate of drug-likeness (QED) is 0.572. The molecule has 0 radical (unpaired) electrons. The standard InChI is InChI=1S/C14H13BrN2O4/c1-8(14-12(18)3-2-4-13(14)19)16-11-6-5-9(17(20)21)7-10(11)15/h2-8,16,18-19H,1H3. The van der Waals surface area contributed by atoms with Crippen LogP contribution < -0.4 is 5.32 Å². The Kier molecular flexibility index (Phi) is 4.32. The Morgan fingerprint density at radius 2 is 1.86 bits per heavy atom. The highest BCUT2D eigenvalue weighted by Crippen LogP contribution is 2.36. The van der Waals surface area contributed by atoms with Gasteiger partial charge in [0.25, 0.3) is 5.69 Å². The lowest BCUT2D eigenvalue weighted by molar-refractivity contribution is -0.384. The van der Waals surface area contributed by atoms with E-state index < -0.39 is 4.92 Å². The van der Waals surface area contributed by atoms with Gasteiger partial charge >= 0.3 is 0 Å². The number of hydrogen-bond donors (Lipinski definition) is 3. The maximum Gasteiger partial charge on any atom is 0.270 e. The highest BCUT2D eigenvalue weighted by Gasteiger charge is 2.17. The molecule has 110 valence electrons. The van der Waals surface area contributed by atoms with Crippen molar-refractivity contribution in [2.24, 2.45) is 0 Å². The second kappa shape index (κ2) is 6.01. The summed E-state index contributed by atoms with van der Waals surface area (Å²) < 4.78 is 0.526. The van der Waals surface area contributed by atoms with Crippen molar-refractivity contribution >= 4 is 27.3 Å². The number of rotatable bonds is 4. The fraction of sp³-hybridized carbons (Fsp3) is 0.143. The summed E-state index contributed by atoms with van der Waals surface area (Å²) in [5, 5.41) is 33.4. The van der Waals surface area contributed by atoms with E-state index in [-0.39, 0.29) is 23.2 Å². The van der Waals surface area contributed by atoms with E-state index in [1.54, 1.807) is 19.1 Å². The number of nitrogens with zero attached hydrogens (tertiary/aromatic N) is 1. The molecule has 0 spiro atoms. The maximum atomic E-state index is 10.7. The van der Waals surface area contributed by atoms with E-state index in [0.717, 1.165) is 0 Å². The van der Waals surface area contributed by atoms with Crippen molar-refractivity contribution in [2.75, 3.05) is 5.32 Å². The largest absolute Gasteiger partial charge is 0.507 e. The molecule has 1 unspecified atom stereocenters. The van der Waals surface area contributed by atoms with Gasteiger partial charge in [0, 0.05) is 22.3 Å². The first-order valence-electron chi connectivity index (χ1n) is 6.11. The van der Waals surface area contributed by atoms with E-state index in [9.17, 15) is 20.3 Å². The van der Waals surface area contributed by atoms with Crippen LogP contribution in [0.5, 0.6) is 11.5 Å². The van der Waals surface area contributed by atoms with Gasteiger partial charge in [-0.05, 0) is 41.1 Å². The minimum Gasteiger partial charge on any atom is -0.507 e. The van der Waals surface area contributed by atoms with Crippen LogP contribution in [0.15, 0.2) is 40.9 Å². The summed E-state index contributed by atoms with van der Waals surface area (Å²) >= 11 is 3.26. The van der Waals surface area contributed by atoms with Crippen molar-refractivity contribution in [2.45, 2.75) is 13.0 Å². The van der Waals surface area contributed by atoms with Gasteiger partial charge in [-0.25, -0.2) is 0 Å². The van der Waals surface area contributed by atoms with Gasteiger partial charge in [0.15, 0.2) is 0 Å². The van der Waals surface area contributed by atoms with Crippen LogP contribution in [0.1, 0.15) is 18.5 Å². The number of benzene rings is 2. The summed E-state index contributed by atoms with van der Waals surface area (Å²) in [6.45, 7) is 1.77. The van der Waals surface area contributed by atoms with Crippen LogP contribution in [0.25, 0.3) is 0 Å². The first-order chi connectivity index (χ1) is 9.90. The summed E-state index contributed by atoms with van der Waals surface area (Å²) in [4.78, 5) is 10.2. The molecule has 2 rings (SSSR count). The zero-order chi connectivity index (χ0) is 15.6. The molecule has 0 saturated heterocycles. The van der Waals surface area contributed by atoms with Crippen LogP contribution in [0.4, 0.5) is 11.4 Å². The fourth-order valence-corrected chi connectivity index (χ4v) is 2.51. The van der Waals surface area contributed by atoms with E-state index in [1.807, 2.05) is 0 Å². The Bertz CT molecular complexity index is 670. The van der Waals surface area contributed by atoms with Crippen molar-refractivity contribution in [3.05, 3.63) is 56.5 Å². The smallest absolute Gasteiger partial charge is 0.270 e. The van der Waals surface area contributed by atoms with Gasteiger partial charge in [0.05, 0.1) is 16.5 Å². The van der Waals surface area contributed by atoms with E-state index >= 15 is 0 Å². The molecule has 2 aromatic carbocycles. The van der Waals surface area contributed by atoms with Gasteiger partial charge in [-0.2, -0.15) is 0 Å². The zero-order valence-electron chi connectivity index (χ0n) is 11.1. The Labute approximate surface area is 129 Å². The normalized spacial score (nSPS) is 11.9. The van der Waals surface area contributed by atoms with E-state index in [0.29, 0.717) is 15.7 Å². The van der Waals surface area contributed by atoms with Gasteiger partial charge < -0.3 is 15.5 Å². The SMILES string of the molecule is CC(Nc1ccc([N+](=O)[O-])cc1Br)c1c(O)cccc1O. The number of hydrogen-bond acceptors (Lipinski definition) is 5. The van der Waals surface area contributed by atoms with E-state index in [4.69, 9.17) is 0 Å². The number of phenols is 2. The molecular formula is C14H13BrN2O4. The van der Waals surface area contributed by atoms with Gasteiger partial charge in [0.2, 0.25) is 0 Å². The third-order valence-corrected chi connectivity index (χ3v) is 3.68. The van der Waals surface area contributed by atoms with E-state index in [1.165, 1.54) is 24.3 Å². The van der Waals surface area contributed by atoms with Crippen LogP contribution in [-0.2, 0) is 0 Å². The average molecular weight is 353 g/mol. The van der Waals surface area contributed by atoms with Crippen molar-refractivity contribution in [1.29, 1.82) is 0 Å². The molecule has 6 nitrogen and oxygen atoms in total. The minimum atomic E-state index is -0.479. The second-order valence-electron chi connectivity index (χ2n) is 4.50.